The summed E-state index contributed by atoms with van der Waals surface area (Å²) in [5.41, 5.74) is 10.6. The summed E-state index contributed by atoms with van der Waals surface area (Å²) in [5, 5.41) is 2.90. The molecule has 9 heteroatoms. The second-order valence-electron chi connectivity index (χ2n) is 9.60. The molecule has 4 aromatic rings. The van der Waals surface area contributed by atoms with Crippen molar-refractivity contribution < 1.29 is 9.59 Å². The summed E-state index contributed by atoms with van der Waals surface area (Å²) in [4.78, 5) is 40.3. The fraction of sp³-hybridized carbons (Fsp3) is 0.250. The molecule has 9 nitrogen and oxygen atoms in total. The molecule has 1 saturated heterocycles. The van der Waals surface area contributed by atoms with Crippen molar-refractivity contribution in [3.63, 3.8) is 0 Å². The molecule has 2 aliphatic rings. The lowest BCUT2D eigenvalue weighted by molar-refractivity contribution is -0.125. The topological polar surface area (TPSA) is 119 Å². The molecule has 0 spiro atoms. The maximum atomic E-state index is 12.9. The molecule has 1 atom stereocenters. The third-order valence-electron chi connectivity index (χ3n) is 7.15. The quantitative estimate of drug-likeness (QED) is 0.392. The van der Waals surface area contributed by atoms with Gasteiger partial charge in [-0.05, 0) is 67.2 Å². The second-order valence-corrected chi connectivity index (χ2v) is 9.60. The van der Waals surface area contributed by atoms with E-state index in [0.29, 0.717) is 42.2 Å². The van der Waals surface area contributed by atoms with Gasteiger partial charge in [-0.2, -0.15) is 0 Å². The first-order valence-electron chi connectivity index (χ1n) is 12.4. The molecule has 4 heterocycles. The van der Waals surface area contributed by atoms with Crippen LogP contribution in [0.25, 0.3) is 16.9 Å². The predicted octanol–water partition coefficient (Wildman–Crippen LogP) is 4.01. The molecular weight excluding hydrogens is 466 g/mol. The van der Waals surface area contributed by atoms with Crippen molar-refractivity contribution in [2.24, 2.45) is 0 Å². The van der Waals surface area contributed by atoms with Gasteiger partial charge in [-0.3, -0.25) is 14.0 Å². The largest absolute Gasteiger partial charge is 0.369 e. The van der Waals surface area contributed by atoms with Crippen LogP contribution < -0.4 is 11.1 Å². The summed E-state index contributed by atoms with van der Waals surface area (Å²) in [6.45, 7) is 4.83. The molecule has 1 aliphatic carbocycles. The van der Waals surface area contributed by atoms with E-state index in [2.05, 4.69) is 21.9 Å². The number of hydrogen-bond donors (Lipinski definition) is 2. The first-order valence-corrected chi connectivity index (χ1v) is 12.4. The first kappa shape index (κ1) is 22.9. The Morgan fingerprint density at radius 2 is 1.81 bits per heavy atom. The number of likely N-dealkylation sites (tertiary alicyclic amines) is 1. The van der Waals surface area contributed by atoms with Gasteiger partial charge < -0.3 is 16.0 Å². The van der Waals surface area contributed by atoms with E-state index in [1.54, 1.807) is 29.4 Å². The Hall–Kier alpha value is -4.53. The Morgan fingerprint density at radius 3 is 2.57 bits per heavy atom. The van der Waals surface area contributed by atoms with E-state index >= 15 is 0 Å². The number of fused-ring (bicyclic) bond motifs is 1. The number of imidazole rings is 1. The van der Waals surface area contributed by atoms with Gasteiger partial charge in [0.2, 0.25) is 11.9 Å². The van der Waals surface area contributed by atoms with Crippen molar-refractivity contribution in [3.8, 4) is 11.4 Å². The lowest BCUT2D eigenvalue weighted by atomic mass is 10.0. The van der Waals surface area contributed by atoms with Gasteiger partial charge in [0.1, 0.15) is 11.6 Å². The van der Waals surface area contributed by atoms with Gasteiger partial charge in [-0.15, -0.1) is 0 Å². The zero-order valence-electron chi connectivity index (χ0n) is 20.3. The maximum Gasteiger partial charge on any atom is 0.256 e. The predicted molar refractivity (Wildman–Crippen MR) is 141 cm³/mol. The number of pyridine rings is 1. The molecule has 1 aromatic carbocycles. The van der Waals surface area contributed by atoms with Crippen molar-refractivity contribution in [2.75, 3.05) is 24.1 Å². The SMILES string of the molecule is C=CC(=O)N1CCC(c2nc(-c3ccc(C(=O)Nc4cc(C5CC5)ccn4)cc3)n3c(N)nccc23)C1. The monoisotopic (exact) mass is 493 g/mol. The smallest absolute Gasteiger partial charge is 0.256 e. The normalized spacial score (nSPS) is 17.2. The Labute approximate surface area is 214 Å². The number of hydrogen-bond acceptors (Lipinski definition) is 6. The van der Waals surface area contributed by atoms with Crippen LogP contribution in [0.1, 0.15) is 52.7 Å². The highest BCUT2D eigenvalue weighted by Gasteiger charge is 2.30. The second kappa shape index (κ2) is 9.16. The van der Waals surface area contributed by atoms with Crippen LogP contribution in [0.2, 0.25) is 0 Å². The Balaban J connectivity index is 1.27. The van der Waals surface area contributed by atoms with Crippen LogP contribution in [0.5, 0.6) is 0 Å². The molecule has 3 N–H and O–H groups in total. The number of aromatic nitrogens is 4. The minimum Gasteiger partial charge on any atom is -0.369 e. The van der Waals surface area contributed by atoms with Crippen molar-refractivity contribution in [1.29, 1.82) is 0 Å². The highest BCUT2D eigenvalue weighted by Crippen LogP contribution is 2.40. The van der Waals surface area contributed by atoms with Gasteiger partial charge in [0.15, 0.2) is 0 Å². The molecule has 0 radical (unpaired) electrons. The van der Waals surface area contributed by atoms with E-state index in [4.69, 9.17) is 10.7 Å². The van der Waals surface area contributed by atoms with E-state index in [-0.39, 0.29) is 17.7 Å². The minimum atomic E-state index is -0.222. The number of rotatable bonds is 6. The summed E-state index contributed by atoms with van der Waals surface area (Å²) >= 11 is 0. The van der Waals surface area contributed by atoms with Crippen molar-refractivity contribution in [1.82, 2.24) is 24.3 Å². The summed E-state index contributed by atoms with van der Waals surface area (Å²) in [5.74, 6) is 1.90. The van der Waals surface area contributed by atoms with Gasteiger partial charge in [0, 0.05) is 42.5 Å². The lowest BCUT2D eigenvalue weighted by Crippen LogP contribution is -2.26. The maximum absolute atomic E-state index is 12.9. The van der Waals surface area contributed by atoms with Crippen LogP contribution >= 0.6 is 0 Å². The zero-order valence-corrected chi connectivity index (χ0v) is 20.3. The molecule has 1 aliphatic heterocycles. The van der Waals surface area contributed by atoms with Gasteiger partial charge >= 0.3 is 0 Å². The average molecular weight is 494 g/mol. The number of nitrogen functional groups attached to an aromatic ring is 1. The minimum absolute atomic E-state index is 0.0734. The summed E-state index contributed by atoms with van der Waals surface area (Å²) in [6.07, 6.45) is 7.94. The Kier molecular flexibility index (Phi) is 5.67. The molecule has 0 bridgehead atoms. The standard InChI is InChI=1S/C28H27N7O2/c1-2-24(36)34-14-11-21(16-34)25-22-10-13-31-28(29)35(22)26(33-25)18-5-7-19(8-6-18)27(37)32-23-15-20(9-12-30-23)17-3-4-17/h2,5-10,12-13,15,17,21H,1,3-4,11,14,16H2,(H2,29,31)(H,30,32,37). The van der Waals surface area contributed by atoms with Crippen molar-refractivity contribution in [2.45, 2.75) is 31.1 Å². The van der Waals surface area contributed by atoms with Crippen molar-refractivity contribution >= 4 is 29.1 Å². The number of amides is 2. The van der Waals surface area contributed by atoms with Crippen molar-refractivity contribution in [3.05, 3.63) is 84.3 Å². The zero-order chi connectivity index (χ0) is 25.5. The van der Waals surface area contributed by atoms with Gasteiger partial charge in [-0.1, -0.05) is 18.7 Å². The van der Waals surface area contributed by atoms with E-state index in [1.807, 2.05) is 34.7 Å². The number of nitrogens with zero attached hydrogens (tertiary/aromatic N) is 5. The third-order valence-corrected chi connectivity index (χ3v) is 7.15. The summed E-state index contributed by atoms with van der Waals surface area (Å²) < 4.78 is 1.83. The van der Waals surface area contributed by atoms with Crippen LogP contribution in [0.4, 0.5) is 11.8 Å². The molecule has 3 aromatic heterocycles. The fourth-order valence-electron chi connectivity index (χ4n) is 5.04. The molecule has 2 amide bonds. The van der Waals surface area contributed by atoms with E-state index in [9.17, 15) is 9.59 Å². The number of carbonyl (C=O) groups excluding carboxylic acids is 2. The average Bonchev–Trinajstić information content (AvgIpc) is 3.53. The van der Waals surface area contributed by atoms with Crippen LogP contribution in [0, 0.1) is 0 Å². The molecule has 6 rings (SSSR count). The van der Waals surface area contributed by atoms with Gasteiger partial charge in [0.05, 0.1) is 11.2 Å². The summed E-state index contributed by atoms with van der Waals surface area (Å²) in [6, 6.07) is 13.1. The molecule has 1 saturated carbocycles. The number of benzene rings is 1. The lowest BCUT2D eigenvalue weighted by Gasteiger charge is -2.13. The fourth-order valence-corrected chi connectivity index (χ4v) is 5.04. The number of carbonyl (C=O) groups is 2. The van der Waals surface area contributed by atoms with Crippen LogP contribution in [0.3, 0.4) is 0 Å². The number of anilines is 2. The first-order chi connectivity index (χ1) is 18.0. The third kappa shape index (κ3) is 4.33. The van der Waals surface area contributed by atoms with E-state index in [1.165, 1.54) is 24.5 Å². The van der Waals surface area contributed by atoms with E-state index in [0.717, 1.165) is 23.2 Å². The van der Waals surface area contributed by atoms with Gasteiger partial charge in [0.25, 0.3) is 5.91 Å². The molecule has 37 heavy (non-hydrogen) atoms. The Bertz CT molecular complexity index is 1520. The highest BCUT2D eigenvalue weighted by atomic mass is 16.2. The van der Waals surface area contributed by atoms with E-state index < -0.39 is 0 Å². The molecule has 1 unspecified atom stereocenters. The van der Waals surface area contributed by atoms with Crippen LogP contribution in [-0.2, 0) is 4.79 Å². The van der Waals surface area contributed by atoms with Crippen LogP contribution in [-0.4, -0.2) is 49.2 Å². The molecule has 186 valence electrons. The number of nitrogens with one attached hydrogen (secondary N) is 1. The highest BCUT2D eigenvalue weighted by molar-refractivity contribution is 6.04. The molecular formula is C28H27N7O2. The number of nitrogens with two attached hydrogens (primary N) is 1. The summed E-state index contributed by atoms with van der Waals surface area (Å²) in [7, 11) is 0. The van der Waals surface area contributed by atoms with Gasteiger partial charge in [-0.25, -0.2) is 15.0 Å². The Morgan fingerprint density at radius 1 is 1.03 bits per heavy atom. The molecule has 2 fully saturated rings. The van der Waals surface area contributed by atoms with Crippen LogP contribution in [0.15, 0.2) is 67.5 Å².